The molecule has 22 heavy (non-hydrogen) atoms. The molecule has 6 heteroatoms. The fourth-order valence-corrected chi connectivity index (χ4v) is 4.00. The van der Waals surface area contributed by atoms with Crippen molar-refractivity contribution in [1.29, 1.82) is 0 Å². The maximum absolute atomic E-state index is 4.79. The summed E-state index contributed by atoms with van der Waals surface area (Å²) in [6.07, 6.45) is 7.72. The van der Waals surface area contributed by atoms with E-state index in [0.717, 1.165) is 39.3 Å². The second kappa shape index (κ2) is 5.89. The Morgan fingerprint density at radius 2 is 1.00 bits per heavy atom. The largest absolute Gasteiger partial charge is 0.365 e. The molecule has 3 saturated heterocycles. The highest BCUT2D eigenvalue weighted by molar-refractivity contribution is 5.79. The lowest BCUT2D eigenvalue weighted by molar-refractivity contribution is -0.784. The van der Waals surface area contributed by atoms with Gasteiger partial charge in [-0.05, 0) is 38.5 Å². The van der Waals surface area contributed by atoms with E-state index in [0.29, 0.717) is 0 Å². The van der Waals surface area contributed by atoms with Crippen LogP contribution in [0.1, 0.15) is 38.5 Å². The van der Waals surface area contributed by atoms with E-state index in [1.54, 1.807) is 4.80 Å². The molecular formula is C16H27N6+. The fraction of sp³-hybridized carbons (Fsp3) is 0.812. The van der Waals surface area contributed by atoms with Crippen molar-refractivity contribution in [1.82, 2.24) is 10.2 Å². The van der Waals surface area contributed by atoms with Crippen LogP contribution in [-0.4, -0.2) is 49.5 Å². The fourth-order valence-electron chi connectivity index (χ4n) is 4.00. The number of aryl methyl sites for hydroxylation is 1. The van der Waals surface area contributed by atoms with Crippen LogP contribution in [0.4, 0.5) is 17.3 Å². The van der Waals surface area contributed by atoms with Crippen LogP contribution in [0.5, 0.6) is 0 Å². The maximum Gasteiger partial charge on any atom is 0.226 e. The number of nitrogens with zero attached hydrogens (tertiary/aromatic N) is 6. The van der Waals surface area contributed by atoms with Gasteiger partial charge in [0.25, 0.3) is 0 Å². The van der Waals surface area contributed by atoms with Gasteiger partial charge in [0.2, 0.25) is 11.6 Å². The first-order valence-electron chi connectivity index (χ1n) is 8.86. The molecule has 3 fully saturated rings. The number of aromatic nitrogens is 3. The van der Waals surface area contributed by atoms with E-state index in [1.165, 1.54) is 55.8 Å². The molecule has 0 saturated carbocycles. The highest BCUT2D eigenvalue weighted by atomic mass is 15.5. The lowest BCUT2D eigenvalue weighted by Gasteiger charge is -2.28. The molecular weight excluding hydrogens is 276 g/mol. The van der Waals surface area contributed by atoms with Gasteiger partial charge in [-0.25, -0.2) is 0 Å². The minimum Gasteiger partial charge on any atom is -0.365 e. The second-order valence-electron chi connectivity index (χ2n) is 6.77. The van der Waals surface area contributed by atoms with Crippen molar-refractivity contribution in [3.05, 3.63) is 0 Å². The van der Waals surface area contributed by atoms with Gasteiger partial charge in [0.05, 0.1) is 0 Å². The van der Waals surface area contributed by atoms with Gasteiger partial charge >= 0.3 is 0 Å². The molecule has 0 aliphatic carbocycles. The van der Waals surface area contributed by atoms with Crippen LogP contribution >= 0.6 is 0 Å². The molecule has 0 radical (unpaired) electrons. The summed E-state index contributed by atoms with van der Waals surface area (Å²) in [5, 5.41) is 9.59. The zero-order valence-corrected chi connectivity index (χ0v) is 13.7. The van der Waals surface area contributed by atoms with Crippen LogP contribution < -0.4 is 19.5 Å². The van der Waals surface area contributed by atoms with Gasteiger partial charge in [-0.2, -0.15) is 0 Å². The van der Waals surface area contributed by atoms with Crippen molar-refractivity contribution in [2.75, 3.05) is 54.0 Å². The number of anilines is 3. The van der Waals surface area contributed by atoms with Gasteiger partial charge in [-0.3, -0.25) is 0 Å². The molecule has 0 aromatic carbocycles. The van der Waals surface area contributed by atoms with Crippen LogP contribution in [-0.2, 0) is 7.05 Å². The van der Waals surface area contributed by atoms with E-state index in [1.807, 2.05) is 7.05 Å². The average molecular weight is 303 g/mol. The van der Waals surface area contributed by atoms with Gasteiger partial charge in [-0.1, -0.05) is 0 Å². The predicted octanol–water partition coefficient (Wildman–Crippen LogP) is 1.10. The van der Waals surface area contributed by atoms with Crippen LogP contribution in [0.15, 0.2) is 0 Å². The first kappa shape index (κ1) is 14.0. The van der Waals surface area contributed by atoms with Crippen molar-refractivity contribution in [2.45, 2.75) is 38.5 Å². The zero-order chi connectivity index (χ0) is 14.9. The molecule has 1 aromatic heterocycles. The quantitative estimate of drug-likeness (QED) is 0.782. The standard InChI is InChI=1S/C16H27N6/c1-19-17-15(21-10-4-5-11-21)14(20-8-2-3-9-20)16(18-19)22-12-6-7-13-22/h2-13H2,1H3/q+1. The maximum atomic E-state index is 4.79. The molecule has 4 heterocycles. The normalized spacial score (nSPS) is 22.1. The SMILES string of the molecule is C[n+]1nc(N2CCCC2)c(N2CCCC2)c(N2CCCC2)n1. The molecule has 3 aliphatic heterocycles. The highest BCUT2D eigenvalue weighted by Gasteiger charge is 2.33. The number of hydrogen-bond donors (Lipinski definition) is 0. The molecule has 0 bridgehead atoms. The molecule has 3 aliphatic rings. The van der Waals surface area contributed by atoms with Crippen LogP contribution in [0.25, 0.3) is 0 Å². The summed E-state index contributed by atoms with van der Waals surface area (Å²) in [4.78, 5) is 9.24. The van der Waals surface area contributed by atoms with E-state index in [9.17, 15) is 0 Å². The van der Waals surface area contributed by atoms with Gasteiger partial charge < -0.3 is 14.7 Å². The van der Waals surface area contributed by atoms with E-state index >= 15 is 0 Å². The third-order valence-corrected chi connectivity index (χ3v) is 5.14. The summed E-state index contributed by atoms with van der Waals surface area (Å²) >= 11 is 0. The van der Waals surface area contributed by atoms with E-state index in [4.69, 9.17) is 10.2 Å². The second-order valence-corrected chi connectivity index (χ2v) is 6.77. The molecule has 4 rings (SSSR count). The Hall–Kier alpha value is -1.59. The minimum atomic E-state index is 1.14. The summed E-state index contributed by atoms with van der Waals surface area (Å²) in [6, 6.07) is 0. The first-order chi connectivity index (χ1) is 10.8. The smallest absolute Gasteiger partial charge is 0.226 e. The van der Waals surface area contributed by atoms with Crippen molar-refractivity contribution >= 4 is 17.3 Å². The highest BCUT2D eigenvalue weighted by Crippen LogP contribution is 2.38. The molecule has 6 nitrogen and oxygen atoms in total. The molecule has 0 spiro atoms. The summed E-state index contributed by atoms with van der Waals surface area (Å²) in [5.74, 6) is 2.33. The Balaban J connectivity index is 1.80. The van der Waals surface area contributed by atoms with Crippen LogP contribution in [0, 0.1) is 0 Å². The number of hydrogen-bond acceptors (Lipinski definition) is 5. The zero-order valence-electron chi connectivity index (χ0n) is 13.7. The molecule has 0 N–H and O–H groups in total. The molecule has 120 valence electrons. The Bertz CT molecular complexity index is 490. The van der Waals surface area contributed by atoms with E-state index in [2.05, 4.69) is 14.7 Å². The Kier molecular flexibility index (Phi) is 3.76. The summed E-state index contributed by atoms with van der Waals surface area (Å²) < 4.78 is 0. The lowest BCUT2D eigenvalue weighted by atomic mass is 10.3. The van der Waals surface area contributed by atoms with Crippen LogP contribution in [0.2, 0.25) is 0 Å². The van der Waals surface area contributed by atoms with Gasteiger partial charge in [0.1, 0.15) is 5.69 Å². The third kappa shape index (κ3) is 2.48. The Morgan fingerprint density at radius 3 is 1.41 bits per heavy atom. The summed E-state index contributed by atoms with van der Waals surface area (Å²) in [7, 11) is 1.97. The molecule has 0 amide bonds. The van der Waals surface area contributed by atoms with Crippen molar-refractivity contribution < 1.29 is 4.80 Å². The monoisotopic (exact) mass is 303 g/mol. The average Bonchev–Trinajstić information content (AvgIpc) is 3.27. The topological polar surface area (TPSA) is 39.4 Å². The van der Waals surface area contributed by atoms with Crippen molar-refractivity contribution in [3.63, 3.8) is 0 Å². The summed E-state index contributed by atoms with van der Waals surface area (Å²) in [5.41, 5.74) is 1.31. The van der Waals surface area contributed by atoms with E-state index < -0.39 is 0 Å². The van der Waals surface area contributed by atoms with Gasteiger partial charge in [0.15, 0.2) is 7.05 Å². The predicted molar refractivity (Wildman–Crippen MR) is 87.5 cm³/mol. The number of rotatable bonds is 3. The summed E-state index contributed by atoms with van der Waals surface area (Å²) in [6.45, 7) is 6.85. The van der Waals surface area contributed by atoms with Crippen LogP contribution in [0.3, 0.4) is 0 Å². The van der Waals surface area contributed by atoms with Gasteiger partial charge in [-0.15, -0.1) is 0 Å². The van der Waals surface area contributed by atoms with Gasteiger partial charge in [0, 0.05) is 54.3 Å². The molecule has 0 unspecified atom stereocenters. The molecule has 1 aromatic rings. The van der Waals surface area contributed by atoms with Crippen molar-refractivity contribution in [2.24, 2.45) is 7.05 Å². The Labute approximate surface area is 132 Å². The molecule has 0 atom stereocenters. The minimum absolute atomic E-state index is 1.14. The van der Waals surface area contributed by atoms with Crippen molar-refractivity contribution in [3.8, 4) is 0 Å². The Morgan fingerprint density at radius 1 is 0.636 bits per heavy atom. The first-order valence-corrected chi connectivity index (χ1v) is 8.86. The lowest BCUT2D eigenvalue weighted by Crippen LogP contribution is -2.43. The van der Waals surface area contributed by atoms with E-state index in [-0.39, 0.29) is 0 Å². The third-order valence-electron chi connectivity index (χ3n) is 5.14.